The van der Waals surface area contributed by atoms with Crippen LogP contribution in [0, 0.1) is 11.6 Å². The Hall–Kier alpha value is -2.00. The SMILES string of the molecule is Nc1cc(F)c(S(=O)(=O)Nc2ccnc(Cl)n2)c(F)c1. The van der Waals surface area contributed by atoms with E-state index in [0.717, 1.165) is 0 Å². The Kier molecular flexibility index (Phi) is 3.73. The molecule has 0 saturated heterocycles. The molecular formula is C10H7ClF2N4O2S. The molecule has 0 bridgehead atoms. The van der Waals surface area contributed by atoms with Crippen molar-refractivity contribution in [3.05, 3.63) is 41.3 Å². The normalized spacial score (nSPS) is 11.3. The number of halogens is 3. The van der Waals surface area contributed by atoms with Gasteiger partial charge in [0.1, 0.15) is 17.5 Å². The van der Waals surface area contributed by atoms with Gasteiger partial charge in [-0.2, -0.15) is 4.98 Å². The quantitative estimate of drug-likeness (QED) is 0.663. The van der Waals surface area contributed by atoms with Crippen LogP contribution in [0.1, 0.15) is 0 Å². The lowest BCUT2D eigenvalue weighted by molar-refractivity contribution is 0.522. The van der Waals surface area contributed by atoms with E-state index in [1.165, 1.54) is 12.3 Å². The van der Waals surface area contributed by atoms with Crippen molar-refractivity contribution in [1.82, 2.24) is 9.97 Å². The fourth-order valence-corrected chi connectivity index (χ4v) is 2.69. The van der Waals surface area contributed by atoms with E-state index in [2.05, 4.69) is 9.97 Å². The van der Waals surface area contributed by atoms with E-state index in [4.69, 9.17) is 17.3 Å². The molecule has 10 heteroatoms. The number of nitrogens with two attached hydrogens (primary N) is 1. The van der Waals surface area contributed by atoms with E-state index in [1.54, 1.807) is 0 Å². The summed E-state index contributed by atoms with van der Waals surface area (Å²) in [4.78, 5) is 5.95. The Bertz CT molecular complexity index is 747. The van der Waals surface area contributed by atoms with Gasteiger partial charge in [-0.3, -0.25) is 4.72 Å². The van der Waals surface area contributed by atoms with E-state index >= 15 is 0 Å². The fraction of sp³-hybridized carbons (Fsp3) is 0. The zero-order valence-electron chi connectivity index (χ0n) is 9.64. The van der Waals surface area contributed by atoms with Gasteiger partial charge in [0.2, 0.25) is 5.28 Å². The second kappa shape index (κ2) is 5.17. The molecule has 0 aliphatic rings. The monoisotopic (exact) mass is 320 g/mol. The van der Waals surface area contributed by atoms with E-state index in [9.17, 15) is 17.2 Å². The van der Waals surface area contributed by atoms with Crippen molar-refractivity contribution >= 4 is 33.1 Å². The summed E-state index contributed by atoms with van der Waals surface area (Å²) in [5.41, 5.74) is 4.98. The summed E-state index contributed by atoms with van der Waals surface area (Å²) >= 11 is 5.48. The average molecular weight is 321 g/mol. The first-order chi connectivity index (χ1) is 9.29. The molecule has 0 aliphatic carbocycles. The molecule has 0 radical (unpaired) electrons. The molecule has 0 atom stereocenters. The highest BCUT2D eigenvalue weighted by Crippen LogP contribution is 2.23. The van der Waals surface area contributed by atoms with Gasteiger partial charge in [0.15, 0.2) is 4.90 Å². The number of nitrogens with zero attached hydrogens (tertiary/aromatic N) is 2. The van der Waals surface area contributed by atoms with Gasteiger partial charge in [0.05, 0.1) is 0 Å². The Morgan fingerprint density at radius 3 is 2.40 bits per heavy atom. The van der Waals surface area contributed by atoms with Crippen molar-refractivity contribution in [2.45, 2.75) is 4.90 Å². The first-order valence-electron chi connectivity index (χ1n) is 5.05. The number of nitrogen functional groups attached to an aromatic ring is 1. The first kappa shape index (κ1) is 14.4. The summed E-state index contributed by atoms with van der Waals surface area (Å²) in [5, 5.41) is -0.219. The lowest BCUT2D eigenvalue weighted by Crippen LogP contribution is -2.17. The lowest BCUT2D eigenvalue weighted by atomic mass is 10.3. The van der Waals surface area contributed by atoms with Gasteiger partial charge in [0, 0.05) is 11.9 Å². The molecule has 0 aliphatic heterocycles. The van der Waals surface area contributed by atoms with Gasteiger partial charge < -0.3 is 5.73 Å². The molecule has 0 unspecified atom stereocenters. The number of hydrogen-bond donors (Lipinski definition) is 2. The van der Waals surface area contributed by atoms with Crippen LogP contribution in [0.2, 0.25) is 5.28 Å². The largest absolute Gasteiger partial charge is 0.399 e. The van der Waals surface area contributed by atoms with E-state index in [0.29, 0.717) is 12.1 Å². The Morgan fingerprint density at radius 2 is 1.85 bits per heavy atom. The molecule has 0 fully saturated rings. The van der Waals surface area contributed by atoms with Gasteiger partial charge in [-0.05, 0) is 29.8 Å². The molecule has 0 saturated carbocycles. The number of benzene rings is 1. The van der Waals surface area contributed by atoms with Gasteiger partial charge in [0.25, 0.3) is 10.0 Å². The molecule has 1 aromatic heterocycles. The van der Waals surface area contributed by atoms with E-state index in [-0.39, 0.29) is 16.8 Å². The van der Waals surface area contributed by atoms with Gasteiger partial charge in [-0.1, -0.05) is 0 Å². The number of sulfonamides is 1. The number of hydrogen-bond acceptors (Lipinski definition) is 5. The van der Waals surface area contributed by atoms with E-state index < -0.39 is 26.6 Å². The predicted octanol–water partition coefficient (Wildman–Crippen LogP) is 1.79. The first-order valence-corrected chi connectivity index (χ1v) is 6.91. The topological polar surface area (TPSA) is 98.0 Å². The van der Waals surface area contributed by atoms with E-state index in [1.807, 2.05) is 4.72 Å². The summed E-state index contributed by atoms with van der Waals surface area (Å²) in [7, 11) is -4.51. The number of rotatable bonds is 3. The maximum Gasteiger partial charge on any atom is 0.268 e. The molecule has 0 amide bonds. The van der Waals surface area contributed by atoms with Crippen LogP contribution in [0.5, 0.6) is 0 Å². The fourth-order valence-electron chi connectivity index (χ4n) is 1.42. The molecule has 3 N–H and O–H groups in total. The van der Waals surface area contributed by atoms with Crippen LogP contribution in [0.25, 0.3) is 0 Å². The van der Waals surface area contributed by atoms with Crippen LogP contribution in [0.4, 0.5) is 20.3 Å². The van der Waals surface area contributed by atoms with Crippen molar-refractivity contribution in [3.8, 4) is 0 Å². The number of aromatic nitrogens is 2. The Balaban J connectivity index is 2.46. The molecule has 2 aromatic rings. The zero-order valence-corrected chi connectivity index (χ0v) is 11.2. The summed E-state index contributed by atoms with van der Waals surface area (Å²) in [5.74, 6) is -2.84. The van der Waals surface area contributed by atoms with Crippen LogP contribution in [0.15, 0.2) is 29.3 Å². The zero-order chi connectivity index (χ0) is 14.9. The minimum atomic E-state index is -4.51. The second-order valence-corrected chi connectivity index (χ2v) is 5.59. The third-order valence-electron chi connectivity index (χ3n) is 2.15. The summed E-state index contributed by atoms with van der Waals surface area (Å²) in [6.07, 6.45) is 1.18. The summed E-state index contributed by atoms with van der Waals surface area (Å²) in [6, 6.07) is 2.58. The van der Waals surface area contributed by atoms with Crippen LogP contribution in [0.3, 0.4) is 0 Å². The molecule has 6 nitrogen and oxygen atoms in total. The molecular weight excluding hydrogens is 314 g/mol. The highest BCUT2D eigenvalue weighted by molar-refractivity contribution is 7.92. The lowest BCUT2D eigenvalue weighted by Gasteiger charge is -2.09. The summed E-state index contributed by atoms with van der Waals surface area (Å²) < 4.78 is 52.9. The molecule has 20 heavy (non-hydrogen) atoms. The van der Waals surface area contributed by atoms with Crippen LogP contribution >= 0.6 is 11.6 Å². The maximum atomic E-state index is 13.6. The van der Waals surface area contributed by atoms with Gasteiger partial charge in [-0.15, -0.1) is 0 Å². The van der Waals surface area contributed by atoms with Crippen molar-refractivity contribution in [3.63, 3.8) is 0 Å². The third-order valence-corrected chi connectivity index (χ3v) is 3.74. The standard InChI is InChI=1S/C10H7ClF2N4O2S/c11-10-15-2-1-8(16-10)17-20(18,19)9-6(12)3-5(14)4-7(9)13/h1-4H,14H2,(H,15,16,17). The minimum Gasteiger partial charge on any atom is -0.399 e. The highest BCUT2D eigenvalue weighted by Gasteiger charge is 2.25. The third kappa shape index (κ3) is 2.94. The van der Waals surface area contributed by atoms with Crippen molar-refractivity contribution in [2.24, 2.45) is 0 Å². The average Bonchev–Trinajstić information content (AvgIpc) is 2.25. The van der Waals surface area contributed by atoms with Gasteiger partial charge >= 0.3 is 0 Å². The molecule has 2 rings (SSSR count). The Morgan fingerprint density at radius 1 is 1.25 bits per heavy atom. The number of anilines is 2. The smallest absolute Gasteiger partial charge is 0.268 e. The molecule has 106 valence electrons. The maximum absolute atomic E-state index is 13.6. The predicted molar refractivity (Wildman–Crippen MR) is 68.6 cm³/mol. The number of nitrogens with one attached hydrogen (secondary N) is 1. The molecule has 1 heterocycles. The Labute approximate surface area is 117 Å². The summed E-state index contributed by atoms with van der Waals surface area (Å²) in [6.45, 7) is 0. The van der Waals surface area contributed by atoms with Crippen LogP contribution in [-0.4, -0.2) is 18.4 Å². The second-order valence-electron chi connectivity index (χ2n) is 3.63. The molecule has 1 aromatic carbocycles. The van der Waals surface area contributed by atoms with Crippen LogP contribution < -0.4 is 10.5 Å². The minimum absolute atomic E-state index is 0.219. The van der Waals surface area contributed by atoms with Crippen LogP contribution in [-0.2, 0) is 10.0 Å². The highest BCUT2D eigenvalue weighted by atomic mass is 35.5. The van der Waals surface area contributed by atoms with Crippen molar-refractivity contribution in [1.29, 1.82) is 0 Å². The van der Waals surface area contributed by atoms with Crippen molar-refractivity contribution < 1.29 is 17.2 Å². The van der Waals surface area contributed by atoms with Gasteiger partial charge in [-0.25, -0.2) is 22.2 Å². The molecule has 0 spiro atoms. The van der Waals surface area contributed by atoms with Crippen molar-refractivity contribution in [2.75, 3.05) is 10.5 Å².